The zero-order valence-corrected chi connectivity index (χ0v) is 10.8. The Hall–Kier alpha value is -0.380. The van der Waals surface area contributed by atoms with E-state index in [1.165, 1.54) is 34.9 Å². The van der Waals surface area contributed by atoms with Crippen LogP contribution in [-0.4, -0.2) is 19.8 Å². The molecule has 0 radical (unpaired) electrons. The van der Waals surface area contributed by atoms with Crippen molar-refractivity contribution in [3.05, 3.63) is 33.8 Å². The number of hydrogen-bond acceptors (Lipinski definition) is 2. The Morgan fingerprint density at radius 2 is 2.31 bits per heavy atom. The molecule has 3 heteroatoms. The summed E-state index contributed by atoms with van der Waals surface area (Å²) in [4.78, 5) is 0. The quantitative estimate of drug-likeness (QED) is 0.789. The predicted molar refractivity (Wildman–Crippen MR) is 67.6 cm³/mol. The SMILES string of the molecule is Brc1ccc2c(c1)CCC[C@@]21COCCN1. The first kappa shape index (κ1) is 10.8. The van der Waals surface area contributed by atoms with Crippen LogP contribution in [0, 0.1) is 0 Å². The second-order valence-corrected chi connectivity index (χ2v) is 5.63. The summed E-state index contributed by atoms with van der Waals surface area (Å²) in [6, 6.07) is 6.65. The molecule has 1 aromatic carbocycles. The summed E-state index contributed by atoms with van der Waals surface area (Å²) in [6.07, 6.45) is 3.64. The van der Waals surface area contributed by atoms with Gasteiger partial charge < -0.3 is 10.1 Å². The maximum Gasteiger partial charge on any atom is 0.0691 e. The fourth-order valence-corrected chi connectivity index (χ4v) is 3.35. The topological polar surface area (TPSA) is 21.3 Å². The van der Waals surface area contributed by atoms with Gasteiger partial charge in [0.05, 0.1) is 18.8 Å². The van der Waals surface area contributed by atoms with E-state index in [9.17, 15) is 0 Å². The molecule has 1 fully saturated rings. The lowest BCUT2D eigenvalue weighted by Gasteiger charge is -2.42. The third kappa shape index (κ3) is 1.71. The third-order valence-electron chi connectivity index (χ3n) is 3.69. The summed E-state index contributed by atoms with van der Waals surface area (Å²) >= 11 is 3.55. The molecule has 1 N–H and O–H groups in total. The molecule has 1 spiro atoms. The van der Waals surface area contributed by atoms with Gasteiger partial charge in [0, 0.05) is 11.0 Å². The van der Waals surface area contributed by atoms with E-state index in [2.05, 4.69) is 39.4 Å². The summed E-state index contributed by atoms with van der Waals surface area (Å²) in [7, 11) is 0. The molecule has 1 aliphatic carbocycles. The highest BCUT2D eigenvalue weighted by atomic mass is 79.9. The number of aryl methyl sites for hydroxylation is 1. The molecule has 0 amide bonds. The Bertz CT molecular complexity index is 399. The normalized spacial score (nSPS) is 29.1. The van der Waals surface area contributed by atoms with E-state index in [1.807, 2.05) is 0 Å². The molecule has 1 aromatic rings. The number of hydrogen-bond donors (Lipinski definition) is 1. The zero-order valence-electron chi connectivity index (χ0n) is 9.26. The lowest BCUT2D eigenvalue weighted by atomic mass is 9.76. The highest BCUT2D eigenvalue weighted by molar-refractivity contribution is 9.10. The Kier molecular flexibility index (Phi) is 2.78. The average Bonchev–Trinajstić information content (AvgIpc) is 2.30. The summed E-state index contributed by atoms with van der Waals surface area (Å²) in [5.41, 5.74) is 3.01. The Morgan fingerprint density at radius 1 is 1.38 bits per heavy atom. The maximum atomic E-state index is 5.68. The number of morpholine rings is 1. The van der Waals surface area contributed by atoms with Gasteiger partial charge in [0.2, 0.25) is 0 Å². The van der Waals surface area contributed by atoms with Crippen molar-refractivity contribution in [3.63, 3.8) is 0 Å². The number of rotatable bonds is 0. The Balaban J connectivity index is 2.04. The van der Waals surface area contributed by atoms with Gasteiger partial charge in [-0.3, -0.25) is 0 Å². The fraction of sp³-hybridized carbons (Fsp3) is 0.538. The van der Waals surface area contributed by atoms with Crippen LogP contribution in [-0.2, 0) is 16.7 Å². The molecule has 0 unspecified atom stereocenters. The molecule has 2 nitrogen and oxygen atoms in total. The van der Waals surface area contributed by atoms with Gasteiger partial charge in [0.25, 0.3) is 0 Å². The fourth-order valence-electron chi connectivity index (χ4n) is 2.94. The number of ether oxygens (including phenoxy) is 1. The van der Waals surface area contributed by atoms with Crippen LogP contribution in [0.1, 0.15) is 24.0 Å². The first-order valence-electron chi connectivity index (χ1n) is 5.92. The van der Waals surface area contributed by atoms with E-state index < -0.39 is 0 Å². The largest absolute Gasteiger partial charge is 0.378 e. The van der Waals surface area contributed by atoms with Crippen LogP contribution in [0.25, 0.3) is 0 Å². The molecule has 3 rings (SSSR count). The highest BCUT2D eigenvalue weighted by Crippen LogP contribution is 2.37. The maximum absolute atomic E-state index is 5.68. The van der Waals surface area contributed by atoms with Crippen LogP contribution < -0.4 is 5.32 Å². The average molecular weight is 282 g/mol. The van der Waals surface area contributed by atoms with Crippen molar-refractivity contribution < 1.29 is 4.74 Å². The van der Waals surface area contributed by atoms with E-state index in [-0.39, 0.29) is 5.54 Å². The van der Waals surface area contributed by atoms with Gasteiger partial charge in [-0.2, -0.15) is 0 Å². The summed E-state index contributed by atoms with van der Waals surface area (Å²) < 4.78 is 6.86. The van der Waals surface area contributed by atoms with Gasteiger partial charge in [-0.05, 0) is 42.5 Å². The number of benzene rings is 1. The molecular weight excluding hydrogens is 266 g/mol. The van der Waals surface area contributed by atoms with Crippen molar-refractivity contribution in [2.24, 2.45) is 0 Å². The van der Waals surface area contributed by atoms with Crippen molar-refractivity contribution in [1.29, 1.82) is 0 Å². The van der Waals surface area contributed by atoms with Gasteiger partial charge in [-0.25, -0.2) is 0 Å². The number of nitrogens with one attached hydrogen (secondary N) is 1. The zero-order chi connectivity index (χ0) is 11.0. The lowest BCUT2D eigenvalue weighted by Crippen LogP contribution is -2.53. The van der Waals surface area contributed by atoms with Crippen LogP contribution in [0.2, 0.25) is 0 Å². The van der Waals surface area contributed by atoms with E-state index in [1.54, 1.807) is 0 Å². The monoisotopic (exact) mass is 281 g/mol. The molecule has 0 saturated carbocycles. The van der Waals surface area contributed by atoms with Crippen LogP contribution >= 0.6 is 15.9 Å². The van der Waals surface area contributed by atoms with E-state index in [4.69, 9.17) is 4.74 Å². The van der Waals surface area contributed by atoms with Gasteiger partial charge >= 0.3 is 0 Å². The van der Waals surface area contributed by atoms with Crippen LogP contribution in [0.5, 0.6) is 0 Å². The standard InChI is InChI=1S/C13H16BrNO/c14-11-3-4-12-10(8-11)2-1-5-13(12)9-16-7-6-15-13/h3-4,8,15H,1-2,5-7,9H2/t13-/m1/s1. The Morgan fingerprint density at radius 3 is 3.12 bits per heavy atom. The molecule has 1 atom stereocenters. The third-order valence-corrected chi connectivity index (χ3v) is 4.18. The lowest BCUT2D eigenvalue weighted by molar-refractivity contribution is 0.0169. The van der Waals surface area contributed by atoms with Crippen LogP contribution in [0.4, 0.5) is 0 Å². The summed E-state index contributed by atoms with van der Waals surface area (Å²) in [6.45, 7) is 2.63. The first-order valence-corrected chi connectivity index (χ1v) is 6.71. The van der Waals surface area contributed by atoms with Gasteiger partial charge in [0.1, 0.15) is 0 Å². The second kappa shape index (κ2) is 4.13. The van der Waals surface area contributed by atoms with Gasteiger partial charge in [-0.15, -0.1) is 0 Å². The molecule has 0 bridgehead atoms. The molecule has 1 aliphatic heterocycles. The second-order valence-electron chi connectivity index (χ2n) is 4.72. The Labute approximate surface area is 105 Å². The van der Waals surface area contributed by atoms with E-state index in [0.717, 1.165) is 19.8 Å². The molecule has 0 aromatic heterocycles. The van der Waals surface area contributed by atoms with Crippen LogP contribution in [0.15, 0.2) is 22.7 Å². The molecular formula is C13H16BrNO. The van der Waals surface area contributed by atoms with Crippen molar-refractivity contribution in [2.45, 2.75) is 24.8 Å². The molecule has 1 heterocycles. The van der Waals surface area contributed by atoms with E-state index in [0.29, 0.717) is 0 Å². The van der Waals surface area contributed by atoms with Crippen molar-refractivity contribution >= 4 is 15.9 Å². The van der Waals surface area contributed by atoms with Gasteiger partial charge in [0.15, 0.2) is 0 Å². The number of halogens is 1. The van der Waals surface area contributed by atoms with Crippen molar-refractivity contribution in [2.75, 3.05) is 19.8 Å². The molecule has 86 valence electrons. The summed E-state index contributed by atoms with van der Waals surface area (Å²) in [5, 5.41) is 3.67. The minimum atomic E-state index is 0.0898. The van der Waals surface area contributed by atoms with Crippen LogP contribution in [0.3, 0.4) is 0 Å². The predicted octanol–water partition coefficient (Wildman–Crippen LogP) is 2.60. The molecule has 16 heavy (non-hydrogen) atoms. The highest BCUT2D eigenvalue weighted by Gasteiger charge is 2.37. The van der Waals surface area contributed by atoms with Crippen molar-refractivity contribution in [3.8, 4) is 0 Å². The minimum Gasteiger partial charge on any atom is -0.378 e. The summed E-state index contributed by atoms with van der Waals surface area (Å²) in [5.74, 6) is 0. The van der Waals surface area contributed by atoms with Crippen molar-refractivity contribution in [1.82, 2.24) is 5.32 Å². The smallest absolute Gasteiger partial charge is 0.0691 e. The van der Waals surface area contributed by atoms with Gasteiger partial charge in [-0.1, -0.05) is 22.0 Å². The first-order chi connectivity index (χ1) is 7.80. The molecule has 2 aliphatic rings. The minimum absolute atomic E-state index is 0.0898. The molecule has 1 saturated heterocycles. The van der Waals surface area contributed by atoms with E-state index >= 15 is 0 Å². The number of fused-ring (bicyclic) bond motifs is 2.